The highest BCUT2D eigenvalue weighted by molar-refractivity contribution is 5.95. The van der Waals surface area contributed by atoms with Crippen molar-refractivity contribution >= 4 is 23.3 Å². The molecule has 0 aliphatic carbocycles. The van der Waals surface area contributed by atoms with E-state index >= 15 is 0 Å². The fourth-order valence-corrected chi connectivity index (χ4v) is 4.02. The third-order valence-corrected chi connectivity index (χ3v) is 5.76. The third-order valence-electron chi connectivity index (χ3n) is 5.76. The van der Waals surface area contributed by atoms with Crippen LogP contribution in [0.4, 0.5) is 20.3 Å². The van der Waals surface area contributed by atoms with Gasteiger partial charge in [0.1, 0.15) is 5.82 Å². The van der Waals surface area contributed by atoms with E-state index in [0.717, 1.165) is 43.9 Å². The summed E-state index contributed by atoms with van der Waals surface area (Å²) in [5.41, 5.74) is 0.885. The Bertz CT molecular complexity index is 938. The van der Waals surface area contributed by atoms with Crippen molar-refractivity contribution in [2.75, 3.05) is 36.4 Å². The molecule has 4 rings (SSSR count). The van der Waals surface area contributed by atoms with Gasteiger partial charge in [-0.25, -0.2) is 13.8 Å². The summed E-state index contributed by atoms with van der Waals surface area (Å²) >= 11 is 0. The number of pyridine rings is 1. The zero-order chi connectivity index (χ0) is 21.1. The van der Waals surface area contributed by atoms with E-state index in [-0.39, 0.29) is 23.4 Å². The lowest BCUT2D eigenvalue weighted by molar-refractivity contribution is -0.120. The minimum Gasteiger partial charge on any atom is -0.357 e. The molecule has 6 nitrogen and oxygen atoms in total. The number of nitrogens with one attached hydrogen (secondary N) is 1. The topological polar surface area (TPSA) is 65.5 Å². The van der Waals surface area contributed by atoms with Crippen LogP contribution in [0.2, 0.25) is 0 Å². The number of benzene rings is 1. The molecular weight excluding hydrogens is 390 g/mol. The van der Waals surface area contributed by atoms with Crippen LogP contribution in [-0.4, -0.2) is 47.9 Å². The Kier molecular flexibility index (Phi) is 5.92. The molecule has 3 heterocycles. The van der Waals surface area contributed by atoms with Gasteiger partial charge < -0.3 is 15.1 Å². The van der Waals surface area contributed by atoms with Gasteiger partial charge in [0, 0.05) is 55.6 Å². The lowest BCUT2D eigenvalue weighted by Crippen LogP contribution is -2.38. The van der Waals surface area contributed by atoms with Crippen LogP contribution in [0, 0.1) is 17.6 Å². The van der Waals surface area contributed by atoms with Crippen LogP contribution in [0.1, 0.15) is 36.0 Å². The summed E-state index contributed by atoms with van der Waals surface area (Å²) in [4.78, 5) is 33.4. The van der Waals surface area contributed by atoms with Crippen molar-refractivity contribution in [1.82, 2.24) is 9.88 Å². The molecular formula is C22H24F2N4O2. The first-order chi connectivity index (χ1) is 14.5. The molecule has 1 aromatic carbocycles. The van der Waals surface area contributed by atoms with Crippen LogP contribution in [-0.2, 0) is 4.79 Å². The second-order valence-electron chi connectivity index (χ2n) is 7.78. The van der Waals surface area contributed by atoms with E-state index in [2.05, 4.69) is 15.2 Å². The Morgan fingerprint density at radius 3 is 2.40 bits per heavy atom. The molecule has 2 saturated heterocycles. The maximum atomic E-state index is 13.3. The Morgan fingerprint density at radius 1 is 0.967 bits per heavy atom. The Morgan fingerprint density at radius 2 is 1.70 bits per heavy atom. The summed E-state index contributed by atoms with van der Waals surface area (Å²) in [6.07, 6.45) is 4.97. The maximum Gasteiger partial charge on any atom is 0.254 e. The van der Waals surface area contributed by atoms with Crippen molar-refractivity contribution < 1.29 is 18.4 Å². The van der Waals surface area contributed by atoms with Crippen molar-refractivity contribution in [3.05, 3.63) is 53.7 Å². The fourth-order valence-electron chi connectivity index (χ4n) is 4.02. The second-order valence-corrected chi connectivity index (χ2v) is 7.78. The standard InChI is InChI=1S/C22H24F2N4O2/c23-18-4-3-17(14-19(18)24)26-21(29)15-6-11-27(12-7-15)20-13-16(5-8-25-20)22(30)28-9-1-2-10-28/h3-5,8,13-15H,1-2,6-7,9-12H2,(H,26,29). The molecule has 0 bridgehead atoms. The summed E-state index contributed by atoms with van der Waals surface area (Å²) in [7, 11) is 0. The average Bonchev–Trinajstić information content (AvgIpc) is 3.31. The van der Waals surface area contributed by atoms with Gasteiger partial charge in [0.2, 0.25) is 5.91 Å². The minimum atomic E-state index is -0.989. The molecule has 2 amide bonds. The van der Waals surface area contributed by atoms with Crippen LogP contribution in [0.5, 0.6) is 0 Å². The molecule has 158 valence electrons. The van der Waals surface area contributed by atoms with Crippen molar-refractivity contribution in [2.45, 2.75) is 25.7 Å². The van der Waals surface area contributed by atoms with Gasteiger partial charge >= 0.3 is 0 Å². The van der Waals surface area contributed by atoms with Crippen LogP contribution in [0.25, 0.3) is 0 Å². The molecule has 30 heavy (non-hydrogen) atoms. The largest absolute Gasteiger partial charge is 0.357 e. The number of hydrogen-bond donors (Lipinski definition) is 1. The summed E-state index contributed by atoms with van der Waals surface area (Å²) in [6, 6.07) is 6.89. The first-order valence-corrected chi connectivity index (χ1v) is 10.3. The number of amides is 2. The van der Waals surface area contributed by atoms with Gasteiger partial charge in [0.15, 0.2) is 11.6 Å². The number of likely N-dealkylation sites (tertiary alicyclic amines) is 1. The molecule has 2 aliphatic rings. The predicted octanol–water partition coefficient (Wildman–Crippen LogP) is 3.45. The lowest BCUT2D eigenvalue weighted by atomic mass is 9.95. The number of halogens is 2. The number of nitrogens with zero attached hydrogens (tertiary/aromatic N) is 3. The number of carbonyl (C=O) groups excluding carboxylic acids is 2. The van der Waals surface area contributed by atoms with Crippen molar-refractivity contribution in [3.8, 4) is 0 Å². The van der Waals surface area contributed by atoms with E-state index < -0.39 is 11.6 Å². The first kappa shape index (κ1) is 20.3. The van der Waals surface area contributed by atoms with Gasteiger partial charge in [0.25, 0.3) is 5.91 Å². The van der Waals surface area contributed by atoms with Crippen molar-refractivity contribution in [2.24, 2.45) is 5.92 Å². The molecule has 0 saturated carbocycles. The molecule has 1 aromatic heterocycles. The maximum absolute atomic E-state index is 13.3. The lowest BCUT2D eigenvalue weighted by Gasteiger charge is -2.32. The normalized spacial score (nSPS) is 17.3. The number of anilines is 2. The van der Waals surface area contributed by atoms with E-state index in [4.69, 9.17) is 0 Å². The fraction of sp³-hybridized carbons (Fsp3) is 0.409. The number of carbonyl (C=O) groups is 2. The van der Waals surface area contributed by atoms with Crippen LogP contribution < -0.4 is 10.2 Å². The number of hydrogen-bond acceptors (Lipinski definition) is 4. The number of rotatable bonds is 4. The van der Waals surface area contributed by atoms with Crippen LogP contribution in [0.3, 0.4) is 0 Å². The van der Waals surface area contributed by atoms with Crippen molar-refractivity contribution in [1.29, 1.82) is 0 Å². The van der Waals surface area contributed by atoms with Crippen molar-refractivity contribution in [3.63, 3.8) is 0 Å². The van der Waals surface area contributed by atoms with Gasteiger partial charge in [-0.1, -0.05) is 0 Å². The SMILES string of the molecule is O=C(Nc1ccc(F)c(F)c1)C1CCN(c2cc(C(=O)N3CCCC3)ccn2)CC1. The van der Waals surface area contributed by atoms with E-state index in [1.807, 2.05) is 11.0 Å². The average molecular weight is 414 g/mol. The monoisotopic (exact) mass is 414 g/mol. The second kappa shape index (κ2) is 8.77. The molecule has 0 spiro atoms. The Hall–Kier alpha value is -3.03. The van der Waals surface area contributed by atoms with Gasteiger partial charge in [-0.3, -0.25) is 9.59 Å². The summed E-state index contributed by atoms with van der Waals surface area (Å²) in [5.74, 6) is -1.58. The highest BCUT2D eigenvalue weighted by Gasteiger charge is 2.27. The molecule has 0 atom stereocenters. The van der Waals surface area contributed by atoms with Gasteiger partial charge in [-0.05, 0) is 49.9 Å². The molecule has 0 unspecified atom stereocenters. The van der Waals surface area contributed by atoms with E-state index in [1.165, 1.54) is 6.07 Å². The smallest absolute Gasteiger partial charge is 0.254 e. The van der Waals surface area contributed by atoms with Gasteiger partial charge in [-0.15, -0.1) is 0 Å². The molecule has 8 heteroatoms. The van der Waals surface area contributed by atoms with Crippen LogP contribution in [0.15, 0.2) is 36.5 Å². The number of piperidine rings is 1. The Labute approximate surface area is 173 Å². The summed E-state index contributed by atoms with van der Waals surface area (Å²) < 4.78 is 26.4. The summed E-state index contributed by atoms with van der Waals surface area (Å²) in [6.45, 7) is 2.86. The molecule has 1 N–H and O–H groups in total. The van der Waals surface area contributed by atoms with Gasteiger partial charge in [-0.2, -0.15) is 0 Å². The number of aromatic nitrogens is 1. The van der Waals surface area contributed by atoms with E-state index in [0.29, 0.717) is 31.5 Å². The predicted molar refractivity (Wildman–Crippen MR) is 109 cm³/mol. The molecule has 2 aromatic rings. The zero-order valence-corrected chi connectivity index (χ0v) is 16.6. The summed E-state index contributed by atoms with van der Waals surface area (Å²) in [5, 5.41) is 2.66. The van der Waals surface area contributed by atoms with E-state index in [9.17, 15) is 18.4 Å². The highest BCUT2D eigenvalue weighted by atomic mass is 19.2. The molecule has 2 fully saturated rings. The van der Waals surface area contributed by atoms with Gasteiger partial charge in [0.05, 0.1) is 0 Å². The molecule has 0 radical (unpaired) electrons. The quantitative estimate of drug-likeness (QED) is 0.832. The first-order valence-electron chi connectivity index (χ1n) is 10.3. The zero-order valence-electron chi connectivity index (χ0n) is 16.6. The Balaban J connectivity index is 1.35. The molecule has 2 aliphatic heterocycles. The minimum absolute atomic E-state index is 0.0388. The van der Waals surface area contributed by atoms with E-state index in [1.54, 1.807) is 12.3 Å². The third kappa shape index (κ3) is 4.42. The van der Waals surface area contributed by atoms with Crippen LogP contribution >= 0.6 is 0 Å². The highest BCUT2D eigenvalue weighted by Crippen LogP contribution is 2.25.